The molecule has 0 radical (unpaired) electrons. The summed E-state index contributed by atoms with van der Waals surface area (Å²) in [7, 11) is 0. The Bertz CT molecular complexity index is 816. The molecule has 0 spiro atoms. The molecule has 0 unspecified atom stereocenters. The highest BCUT2D eigenvalue weighted by Crippen LogP contribution is 2.61. The minimum atomic E-state index is 0.104. The Balaban J connectivity index is 1.16. The van der Waals surface area contributed by atoms with E-state index in [-0.39, 0.29) is 6.03 Å². The summed E-state index contributed by atoms with van der Waals surface area (Å²) in [6, 6.07) is 8.45. The molecule has 2 aromatic heterocycles. The van der Waals surface area contributed by atoms with Gasteiger partial charge in [0.05, 0.1) is 6.54 Å². The van der Waals surface area contributed by atoms with Gasteiger partial charge in [-0.15, -0.1) is 11.3 Å². The Morgan fingerprint density at radius 1 is 1.10 bits per heavy atom. The number of pyridine rings is 1. The van der Waals surface area contributed by atoms with E-state index in [1.807, 2.05) is 12.4 Å². The maximum absolute atomic E-state index is 13.1. The van der Waals surface area contributed by atoms with Crippen LogP contribution < -0.4 is 5.32 Å². The van der Waals surface area contributed by atoms with Gasteiger partial charge in [-0.2, -0.15) is 0 Å². The first-order valence-electron chi connectivity index (χ1n) is 12.1. The van der Waals surface area contributed by atoms with Crippen LogP contribution in [0, 0.1) is 23.2 Å². The molecule has 2 aromatic rings. The fourth-order valence-corrected chi connectivity index (χ4v) is 7.68. The Kier molecular flexibility index (Phi) is 6.31. The largest absolute Gasteiger partial charge is 0.338 e. The minimum absolute atomic E-state index is 0.104. The topological polar surface area (TPSA) is 45.2 Å². The zero-order chi connectivity index (χ0) is 21.1. The van der Waals surface area contributed by atoms with Crippen LogP contribution in [0.3, 0.4) is 0 Å². The number of aryl methyl sites for hydroxylation is 1. The van der Waals surface area contributed by atoms with Gasteiger partial charge in [0.15, 0.2) is 0 Å². The third-order valence-electron chi connectivity index (χ3n) is 7.96. The predicted molar refractivity (Wildman–Crippen MR) is 126 cm³/mol. The van der Waals surface area contributed by atoms with Crippen LogP contribution >= 0.6 is 11.3 Å². The highest BCUT2D eigenvalue weighted by atomic mass is 32.1. The van der Waals surface area contributed by atoms with Gasteiger partial charge in [0.1, 0.15) is 0 Å². The number of carbonyl (C=O) groups excluding carboxylic acids is 1. The average Bonchev–Trinajstić information content (AvgIpc) is 3.27. The lowest BCUT2D eigenvalue weighted by molar-refractivity contribution is -0.0598. The summed E-state index contributed by atoms with van der Waals surface area (Å²) in [5.41, 5.74) is 1.80. The fourth-order valence-electron chi connectivity index (χ4n) is 6.96. The molecular weight excluding hydrogens is 402 g/mol. The molecule has 2 amide bonds. The van der Waals surface area contributed by atoms with Gasteiger partial charge in [-0.1, -0.05) is 6.07 Å². The fraction of sp³-hybridized carbons (Fsp3) is 0.615. The summed E-state index contributed by atoms with van der Waals surface area (Å²) in [4.78, 5) is 20.5. The van der Waals surface area contributed by atoms with E-state index in [1.165, 1.54) is 55.4 Å². The van der Waals surface area contributed by atoms with Crippen molar-refractivity contribution in [3.63, 3.8) is 0 Å². The molecule has 166 valence electrons. The van der Waals surface area contributed by atoms with Crippen molar-refractivity contribution in [3.8, 4) is 0 Å². The zero-order valence-corrected chi connectivity index (χ0v) is 19.3. The number of amides is 2. The second-order valence-corrected chi connectivity index (χ2v) is 11.4. The van der Waals surface area contributed by atoms with Crippen molar-refractivity contribution in [2.45, 2.75) is 64.3 Å². The van der Waals surface area contributed by atoms with E-state index in [0.717, 1.165) is 50.2 Å². The highest BCUT2D eigenvalue weighted by Gasteiger charge is 2.50. The summed E-state index contributed by atoms with van der Waals surface area (Å²) >= 11 is 1.75. The van der Waals surface area contributed by atoms with E-state index in [4.69, 9.17) is 0 Å². The summed E-state index contributed by atoms with van der Waals surface area (Å²) in [6.45, 7) is 2.35. The zero-order valence-electron chi connectivity index (χ0n) is 18.5. The van der Waals surface area contributed by atoms with Crippen LogP contribution in [0.25, 0.3) is 0 Å². The molecule has 0 aromatic carbocycles. The molecule has 4 nitrogen and oxygen atoms in total. The van der Waals surface area contributed by atoms with E-state index >= 15 is 0 Å². The van der Waals surface area contributed by atoms with Gasteiger partial charge in [-0.3, -0.25) is 4.98 Å². The molecule has 5 heteroatoms. The molecule has 4 aliphatic rings. The van der Waals surface area contributed by atoms with Gasteiger partial charge < -0.3 is 10.2 Å². The summed E-state index contributed by atoms with van der Waals surface area (Å²) in [6.07, 6.45) is 15.5. The molecule has 31 heavy (non-hydrogen) atoms. The molecule has 0 saturated heterocycles. The normalized spacial score (nSPS) is 28.6. The summed E-state index contributed by atoms with van der Waals surface area (Å²) in [5.74, 6) is 2.91. The van der Waals surface area contributed by atoms with Crippen molar-refractivity contribution in [1.29, 1.82) is 0 Å². The van der Waals surface area contributed by atoms with Crippen molar-refractivity contribution in [2.75, 3.05) is 13.1 Å². The van der Waals surface area contributed by atoms with E-state index in [9.17, 15) is 4.79 Å². The third-order valence-corrected chi connectivity index (χ3v) is 8.82. The van der Waals surface area contributed by atoms with Gasteiger partial charge in [-0.25, -0.2) is 4.79 Å². The Morgan fingerprint density at radius 3 is 2.45 bits per heavy atom. The number of rotatable bonds is 9. The second kappa shape index (κ2) is 9.32. The van der Waals surface area contributed by atoms with E-state index < -0.39 is 0 Å². The van der Waals surface area contributed by atoms with Crippen LogP contribution in [0.2, 0.25) is 0 Å². The molecule has 4 aliphatic carbocycles. The first kappa shape index (κ1) is 21.0. The van der Waals surface area contributed by atoms with Gasteiger partial charge in [0, 0.05) is 30.4 Å². The van der Waals surface area contributed by atoms with E-state index in [0.29, 0.717) is 5.41 Å². The third kappa shape index (κ3) is 5.14. The lowest BCUT2D eigenvalue weighted by Crippen LogP contribution is -2.48. The standard InChI is InChI=1S/C26H35N3OS/c30-25(28-8-1-3-20-5-9-27-10-6-20)29(19-24-4-2-12-31-24)11-7-26-16-21-13-22(17-26)15-23(14-21)18-26/h2,4-6,9-10,12,21-23H,1,3,7-8,11,13-19H2,(H,28,30). The number of nitrogens with zero attached hydrogens (tertiary/aromatic N) is 2. The van der Waals surface area contributed by atoms with Crippen molar-refractivity contribution in [3.05, 3.63) is 52.5 Å². The maximum atomic E-state index is 13.1. The number of hydrogen-bond donors (Lipinski definition) is 1. The monoisotopic (exact) mass is 437 g/mol. The molecule has 0 aliphatic heterocycles. The number of aromatic nitrogens is 1. The number of thiophene rings is 1. The summed E-state index contributed by atoms with van der Waals surface area (Å²) < 4.78 is 0. The van der Waals surface area contributed by atoms with Gasteiger partial charge in [0.25, 0.3) is 0 Å². The van der Waals surface area contributed by atoms with Crippen LogP contribution in [0.15, 0.2) is 42.0 Å². The molecule has 4 bridgehead atoms. The number of nitrogens with one attached hydrogen (secondary N) is 1. The molecular formula is C26H35N3OS. The van der Waals surface area contributed by atoms with Crippen molar-refractivity contribution >= 4 is 17.4 Å². The number of carbonyl (C=O) groups is 1. The molecule has 4 saturated carbocycles. The lowest BCUT2D eigenvalue weighted by Gasteiger charge is -2.57. The first-order valence-corrected chi connectivity index (χ1v) is 13.0. The van der Waals surface area contributed by atoms with E-state index in [2.05, 4.69) is 44.8 Å². The van der Waals surface area contributed by atoms with E-state index in [1.54, 1.807) is 11.3 Å². The minimum Gasteiger partial charge on any atom is -0.338 e. The van der Waals surface area contributed by atoms with Crippen molar-refractivity contribution < 1.29 is 4.79 Å². The predicted octanol–water partition coefficient (Wildman–Crippen LogP) is 5.89. The SMILES string of the molecule is O=C(NCCCc1ccncc1)N(CCC12CC3CC(CC(C3)C1)C2)Cc1cccs1. The van der Waals surface area contributed by atoms with Gasteiger partial charge >= 0.3 is 6.03 Å². The second-order valence-electron chi connectivity index (χ2n) is 10.4. The Morgan fingerprint density at radius 2 is 1.81 bits per heavy atom. The molecule has 0 atom stereocenters. The van der Waals surface area contributed by atoms with Crippen LogP contribution in [-0.2, 0) is 13.0 Å². The number of hydrogen-bond acceptors (Lipinski definition) is 3. The molecule has 4 fully saturated rings. The van der Waals surface area contributed by atoms with Crippen LogP contribution in [0.5, 0.6) is 0 Å². The van der Waals surface area contributed by atoms with Gasteiger partial charge in [-0.05, 0) is 110 Å². The highest BCUT2D eigenvalue weighted by molar-refractivity contribution is 7.09. The smallest absolute Gasteiger partial charge is 0.317 e. The summed E-state index contributed by atoms with van der Waals surface area (Å²) in [5, 5.41) is 5.31. The molecule has 2 heterocycles. The van der Waals surface area contributed by atoms with Crippen molar-refractivity contribution in [2.24, 2.45) is 23.2 Å². The van der Waals surface area contributed by atoms with Crippen molar-refractivity contribution in [1.82, 2.24) is 15.2 Å². The lowest BCUT2D eigenvalue weighted by atomic mass is 9.49. The van der Waals surface area contributed by atoms with Crippen LogP contribution in [0.1, 0.15) is 61.8 Å². The van der Waals surface area contributed by atoms with Gasteiger partial charge in [0.2, 0.25) is 0 Å². The Hall–Kier alpha value is -1.88. The first-order chi connectivity index (χ1) is 15.2. The molecule has 1 N–H and O–H groups in total. The van der Waals surface area contributed by atoms with Crippen LogP contribution in [-0.4, -0.2) is 29.0 Å². The maximum Gasteiger partial charge on any atom is 0.317 e. The number of urea groups is 1. The Labute approximate surface area is 190 Å². The molecule has 6 rings (SSSR count). The van der Waals surface area contributed by atoms with Crippen LogP contribution in [0.4, 0.5) is 4.79 Å². The average molecular weight is 438 g/mol. The quantitative estimate of drug-likeness (QED) is 0.497.